The van der Waals surface area contributed by atoms with Crippen LogP contribution in [0.1, 0.15) is 5.56 Å². The summed E-state index contributed by atoms with van der Waals surface area (Å²) in [5, 5.41) is 0. The number of hydrogen-bond acceptors (Lipinski definition) is 2. The van der Waals surface area contributed by atoms with Gasteiger partial charge in [-0.25, -0.2) is 0 Å². The molecule has 1 radical (unpaired) electrons. The molecule has 0 unspecified atom stereocenters. The second-order valence-electron chi connectivity index (χ2n) is 3.52. The van der Waals surface area contributed by atoms with E-state index in [-0.39, 0.29) is 22.4 Å². The second kappa shape index (κ2) is 5.60. The van der Waals surface area contributed by atoms with Crippen molar-refractivity contribution in [2.45, 2.75) is 11.8 Å². The Morgan fingerprint density at radius 1 is 0.941 bits per heavy atom. The fraction of sp³-hybridized carbons (Fsp3) is 0.0833. The van der Waals surface area contributed by atoms with Crippen LogP contribution in [-0.2, 0) is 32.4 Å². The number of rotatable bonds is 2. The van der Waals surface area contributed by atoms with Crippen LogP contribution < -0.4 is 3.97 Å². The normalized spacial score (nSPS) is 10.6. The van der Waals surface area contributed by atoms with E-state index in [2.05, 4.69) is 0 Å². The number of pyridine rings is 1. The fourth-order valence-corrected chi connectivity index (χ4v) is 2.56. The third kappa shape index (κ3) is 3.04. The van der Waals surface area contributed by atoms with Crippen LogP contribution in [0, 0.1) is 6.92 Å². The van der Waals surface area contributed by atoms with Crippen LogP contribution in [0.4, 0.5) is 0 Å². The summed E-state index contributed by atoms with van der Waals surface area (Å²) in [4.78, 5) is 0.300. The van der Waals surface area contributed by atoms with E-state index in [1.165, 1.54) is 16.4 Å². The van der Waals surface area contributed by atoms with Crippen molar-refractivity contribution in [3.63, 3.8) is 0 Å². The molecular weight excluding hydrogens is 330 g/mol. The Hall–Kier alpha value is -0.940. The monoisotopic (exact) mass is 341 g/mol. The van der Waals surface area contributed by atoms with Gasteiger partial charge in [-0.2, -0.15) is 8.42 Å². The molecule has 17 heavy (non-hydrogen) atoms. The Morgan fingerprint density at radius 3 is 2.00 bits per heavy atom. The molecule has 0 spiro atoms. The number of hydrogen-bond donors (Lipinski definition) is 0. The van der Waals surface area contributed by atoms with Gasteiger partial charge in [0.25, 0.3) is 0 Å². The zero-order valence-electron chi connectivity index (χ0n) is 9.17. The summed E-state index contributed by atoms with van der Waals surface area (Å²) in [6, 6.07) is 12.0. The van der Waals surface area contributed by atoms with Crippen LogP contribution >= 0.6 is 0 Å². The first-order valence-electron chi connectivity index (χ1n) is 4.89. The molecule has 0 amide bonds. The summed E-state index contributed by atoms with van der Waals surface area (Å²) < 4.78 is 25.4. The van der Waals surface area contributed by atoms with Gasteiger partial charge in [-0.1, -0.05) is 27.7 Å². The quantitative estimate of drug-likeness (QED) is 0.613. The minimum Gasteiger partial charge on any atom is -0.158 e. The molecule has 2 aromatic rings. The van der Waals surface area contributed by atoms with Gasteiger partial charge in [0, 0.05) is 34.5 Å². The van der Waals surface area contributed by atoms with E-state index in [0.717, 1.165) is 5.56 Å². The topological polar surface area (TPSA) is 38.0 Å². The van der Waals surface area contributed by atoms with Gasteiger partial charge in [-0.3, -0.25) is 0 Å². The summed E-state index contributed by atoms with van der Waals surface area (Å²) in [6.07, 6.45) is 3.05. The van der Waals surface area contributed by atoms with Gasteiger partial charge in [0.05, 0.1) is 0 Å². The predicted molar refractivity (Wildman–Crippen MR) is 60.4 cm³/mol. The first kappa shape index (κ1) is 14.1. The summed E-state index contributed by atoms with van der Waals surface area (Å²) >= 11 is 0. The average Bonchev–Trinajstić information content (AvgIpc) is 2.31. The molecule has 1 aromatic heterocycles. The summed E-state index contributed by atoms with van der Waals surface area (Å²) in [5.74, 6) is 0. The molecule has 0 aliphatic heterocycles. The zero-order chi connectivity index (χ0) is 11.6. The first-order valence-corrected chi connectivity index (χ1v) is 6.33. The Bertz CT molecular complexity index is 580. The van der Waals surface area contributed by atoms with Crippen molar-refractivity contribution in [2.75, 3.05) is 0 Å². The summed E-state index contributed by atoms with van der Waals surface area (Å²) in [6.45, 7) is 1.92. The second-order valence-corrected chi connectivity index (χ2v) is 5.37. The Kier molecular flexibility index (Phi) is 4.65. The third-order valence-electron chi connectivity index (χ3n) is 2.28. The molecule has 5 heteroatoms. The van der Waals surface area contributed by atoms with Gasteiger partial charge >= 0.3 is 10.0 Å². The molecule has 0 atom stereocenters. The smallest absolute Gasteiger partial charge is 0.158 e. The van der Waals surface area contributed by atoms with E-state index in [0.29, 0.717) is 4.90 Å². The Balaban J connectivity index is 0.00000144. The van der Waals surface area contributed by atoms with E-state index in [1.54, 1.807) is 42.5 Å². The van der Waals surface area contributed by atoms with Crippen molar-refractivity contribution in [1.82, 2.24) is 0 Å². The van der Waals surface area contributed by atoms with Crippen molar-refractivity contribution >= 4 is 10.0 Å². The number of aromatic nitrogens is 1. The minimum atomic E-state index is -3.44. The van der Waals surface area contributed by atoms with Gasteiger partial charge in [0.1, 0.15) is 4.90 Å². The van der Waals surface area contributed by atoms with Crippen LogP contribution in [0.15, 0.2) is 59.8 Å². The SMILES string of the molecule is Cc1ccc(S(=O)(=O)[n+]2ccccc2)cc1.[Ag]. The maximum absolute atomic E-state index is 12.1. The van der Waals surface area contributed by atoms with Crippen LogP contribution in [0.2, 0.25) is 0 Å². The number of benzene rings is 1. The van der Waals surface area contributed by atoms with Gasteiger partial charge in [-0.15, -0.1) is 0 Å². The van der Waals surface area contributed by atoms with E-state index in [4.69, 9.17) is 0 Å². The molecule has 0 fully saturated rings. The largest absolute Gasteiger partial charge is 0.399 e. The zero-order valence-corrected chi connectivity index (χ0v) is 11.5. The molecule has 93 valence electrons. The van der Waals surface area contributed by atoms with E-state index in [1.807, 2.05) is 6.92 Å². The van der Waals surface area contributed by atoms with Crippen molar-refractivity contribution in [1.29, 1.82) is 0 Å². The average molecular weight is 342 g/mol. The molecule has 0 bridgehead atoms. The van der Waals surface area contributed by atoms with Gasteiger partial charge in [0.15, 0.2) is 12.4 Å². The standard InChI is InChI=1S/C12H12NO2S.Ag/c1-11-5-7-12(8-6-11)16(14,15)13-9-3-2-4-10-13;/h2-10H,1H3;/q+1;. The van der Waals surface area contributed by atoms with Crippen molar-refractivity contribution in [2.24, 2.45) is 0 Å². The molecule has 1 heterocycles. The number of aryl methyl sites for hydroxylation is 1. The third-order valence-corrected chi connectivity index (χ3v) is 3.95. The molecule has 0 saturated carbocycles. The summed E-state index contributed by atoms with van der Waals surface area (Å²) in [5.41, 5.74) is 1.04. The molecule has 3 nitrogen and oxygen atoms in total. The molecule has 0 N–H and O–H groups in total. The molecule has 0 aliphatic rings. The molecule has 0 aliphatic carbocycles. The van der Waals surface area contributed by atoms with E-state index >= 15 is 0 Å². The maximum atomic E-state index is 12.1. The maximum Gasteiger partial charge on any atom is 0.399 e. The molecular formula is C12H12AgNO2S+. The minimum absolute atomic E-state index is 0. The van der Waals surface area contributed by atoms with Crippen molar-refractivity contribution in [3.8, 4) is 0 Å². The van der Waals surface area contributed by atoms with E-state index < -0.39 is 10.0 Å². The molecule has 2 rings (SSSR count). The Labute approximate surface area is 117 Å². The van der Waals surface area contributed by atoms with Gasteiger partial charge in [0.2, 0.25) is 0 Å². The van der Waals surface area contributed by atoms with Gasteiger partial charge in [-0.05, 0) is 19.1 Å². The van der Waals surface area contributed by atoms with Crippen molar-refractivity contribution < 1.29 is 34.8 Å². The fourth-order valence-electron chi connectivity index (χ4n) is 1.38. The molecule has 1 aromatic carbocycles. The number of nitrogens with zero attached hydrogens (tertiary/aromatic N) is 1. The Morgan fingerprint density at radius 2 is 1.47 bits per heavy atom. The van der Waals surface area contributed by atoms with E-state index in [9.17, 15) is 8.42 Å². The predicted octanol–water partition coefficient (Wildman–Crippen LogP) is 1.52. The first-order chi connectivity index (χ1) is 7.60. The van der Waals surface area contributed by atoms with Crippen molar-refractivity contribution in [3.05, 3.63) is 60.4 Å². The van der Waals surface area contributed by atoms with Crippen LogP contribution in [0.3, 0.4) is 0 Å². The molecule has 0 saturated heterocycles. The van der Waals surface area contributed by atoms with Gasteiger partial charge < -0.3 is 0 Å². The van der Waals surface area contributed by atoms with Crippen LogP contribution in [0.25, 0.3) is 0 Å². The summed E-state index contributed by atoms with van der Waals surface area (Å²) in [7, 11) is -3.44. The van der Waals surface area contributed by atoms with Crippen LogP contribution in [0.5, 0.6) is 0 Å². The van der Waals surface area contributed by atoms with Crippen LogP contribution in [-0.4, -0.2) is 8.42 Å².